The summed E-state index contributed by atoms with van der Waals surface area (Å²) in [5.41, 5.74) is -0.971. The van der Waals surface area contributed by atoms with Crippen LogP contribution in [0, 0.1) is 0 Å². The van der Waals surface area contributed by atoms with Gasteiger partial charge in [-0.3, -0.25) is 4.90 Å². The number of halogens is 4. The molecule has 0 spiro atoms. The smallest absolute Gasteiger partial charge is 0.416 e. The molecule has 29 heavy (non-hydrogen) atoms. The van der Waals surface area contributed by atoms with Gasteiger partial charge in [-0.1, -0.05) is 17.4 Å². The van der Waals surface area contributed by atoms with E-state index in [1.807, 2.05) is 0 Å². The van der Waals surface area contributed by atoms with Crippen LogP contribution in [0.15, 0.2) is 39.1 Å². The van der Waals surface area contributed by atoms with Crippen molar-refractivity contribution in [3.8, 4) is 5.19 Å². The van der Waals surface area contributed by atoms with E-state index in [-0.39, 0.29) is 30.1 Å². The number of nitrogens with zero attached hydrogens (tertiary/aromatic N) is 3. The number of thiazole rings is 1. The second-order valence-corrected chi connectivity index (χ2v) is 11.3. The van der Waals surface area contributed by atoms with Crippen molar-refractivity contribution in [1.82, 2.24) is 14.2 Å². The molecule has 3 heterocycles. The molecule has 2 aliphatic rings. The Morgan fingerprint density at radius 1 is 1.24 bits per heavy atom. The second kappa shape index (κ2) is 7.80. The summed E-state index contributed by atoms with van der Waals surface area (Å²) in [5.74, 6) is 0. The molecular formula is C17H17BrF3N3O3S2. The number of piperazine rings is 1. The van der Waals surface area contributed by atoms with Gasteiger partial charge in [-0.15, -0.1) is 0 Å². The molecule has 0 unspecified atom stereocenters. The van der Waals surface area contributed by atoms with Crippen LogP contribution in [0.25, 0.3) is 0 Å². The van der Waals surface area contributed by atoms with Gasteiger partial charge in [0, 0.05) is 38.6 Å². The molecule has 158 valence electrons. The van der Waals surface area contributed by atoms with Crippen molar-refractivity contribution >= 4 is 37.3 Å². The molecule has 2 aliphatic heterocycles. The van der Waals surface area contributed by atoms with Crippen molar-refractivity contribution in [2.24, 2.45) is 0 Å². The van der Waals surface area contributed by atoms with E-state index in [1.165, 1.54) is 21.7 Å². The van der Waals surface area contributed by atoms with Crippen molar-refractivity contribution in [2.75, 3.05) is 26.2 Å². The minimum Gasteiger partial charge on any atom is -0.465 e. The highest BCUT2D eigenvalue weighted by atomic mass is 79.9. The Bertz CT molecular complexity index is 999. The Labute approximate surface area is 178 Å². The van der Waals surface area contributed by atoms with E-state index in [0.717, 1.165) is 15.9 Å². The van der Waals surface area contributed by atoms with Gasteiger partial charge >= 0.3 is 6.18 Å². The molecule has 12 heteroatoms. The van der Waals surface area contributed by atoms with Crippen molar-refractivity contribution < 1.29 is 26.3 Å². The van der Waals surface area contributed by atoms with Gasteiger partial charge in [-0.05, 0) is 34.1 Å². The van der Waals surface area contributed by atoms with Crippen LogP contribution in [-0.4, -0.2) is 60.9 Å². The fourth-order valence-electron chi connectivity index (χ4n) is 3.69. The summed E-state index contributed by atoms with van der Waals surface area (Å²) in [6.07, 6.45) is -2.41. The number of sulfonamides is 1. The number of aromatic nitrogens is 1. The lowest BCUT2D eigenvalue weighted by atomic mass is 10.2. The van der Waals surface area contributed by atoms with Gasteiger partial charge in [-0.25, -0.2) is 13.4 Å². The normalized spacial score (nSPS) is 23.9. The van der Waals surface area contributed by atoms with Gasteiger partial charge in [0.1, 0.15) is 6.10 Å². The molecule has 6 nitrogen and oxygen atoms in total. The van der Waals surface area contributed by atoms with Crippen LogP contribution in [0.4, 0.5) is 13.2 Å². The highest BCUT2D eigenvalue weighted by Gasteiger charge is 2.41. The first-order valence-corrected chi connectivity index (χ1v) is 11.9. The molecule has 2 atom stereocenters. The van der Waals surface area contributed by atoms with E-state index in [1.54, 1.807) is 6.20 Å². The first-order chi connectivity index (χ1) is 13.6. The third kappa shape index (κ3) is 4.46. The summed E-state index contributed by atoms with van der Waals surface area (Å²) in [7, 11) is -4.01. The van der Waals surface area contributed by atoms with Crippen LogP contribution < -0.4 is 4.74 Å². The fraction of sp³-hybridized carbons (Fsp3) is 0.471. The number of fused-ring (bicyclic) bond motifs is 1. The van der Waals surface area contributed by atoms with Gasteiger partial charge in [0.2, 0.25) is 10.0 Å². The predicted molar refractivity (Wildman–Crippen MR) is 104 cm³/mol. The van der Waals surface area contributed by atoms with Crippen LogP contribution in [0.3, 0.4) is 0 Å². The Hall–Kier alpha value is -1.21. The minimum absolute atomic E-state index is 0.0438. The predicted octanol–water partition coefficient (Wildman–Crippen LogP) is 3.45. The topological polar surface area (TPSA) is 62.7 Å². The Morgan fingerprint density at radius 3 is 2.72 bits per heavy atom. The molecule has 2 aromatic rings. The molecule has 2 saturated heterocycles. The molecule has 2 fully saturated rings. The zero-order valence-corrected chi connectivity index (χ0v) is 18.2. The minimum atomic E-state index is -4.59. The van der Waals surface area contributed by atoms with E-state index in [0.29, 0.717) is 30.8 Å². The molecule has 1 aromatic heterocycles. The number of hydrogen-bond donors (Lipinski definition) is 0. The van der Waals surface area contributed by atoms with Crippen molar-refractivity contribution in [3.05, 3.63) is 39.8 Å². The van der Waals surface area contributed by atoms with E-state index < -0.39 is 21.8 Å². The van der Waals surface area contributed by atoms with Crippen molar-refractivity contribution in [1.29, 1.82) is 0 Å². The molecule has 0 radical (unpaired) electrons. The number of alkyl halides is 3. The van der Waals surface area contributed by atoms with E-state index in [4.69, 9.17) is 4.74 Å². The van der Waals surface area contributed by atoms with Crippen LogP contribution in [0.1, 0.15) is 12.0 Å². The second-order valence-electron chi connectivity index (χ2n) is 6.94. The molecule has 0 saturated carbocycles. The Balaban J connectivity index is 1.46. The quantitative estimate of drug-likeness (QED) is 0.629. The number of ether oxygens (including phenoxy) is 1. The zero-order chi connectivity index (χ0) is 20.8. The average molecular weight is 512 g/mol. The molecule has 0 bridgehead atoms. The van der Waals surface area contributed by atoms with Gasteiger partial charge < -0.3 is 4.74 Å². The highest BCUT2D eigenvalue weighted by Crippen LogP contribution is 2.33. The van der Waals surface area contributed by atoms with Gasteiger partial charge in [-0.2, -0.15) is 17.5 Å². The van der Waals surface area contributed by atoms with E-state index >= 15 is 0 Å². The number of rotatable bonds is 4. The SMILES string of the molecule is O=S(=O)(c1cccc(C(F)(F)F)c1)N1CCN2C[C@H](Oc3ncc(Br)s3)C[C@H]2C1. The lowest BCUT2D eigenvalue weighted by Crippen LogP contribution is -2.51. The van der Waals surface area contributed by atoms with Gasteiger partial charge in [0.05, 0.1) is 20.4 Å². The van der Waals surface area contributed by atoms with Crippen LogP contribution in [0.2, 0.25) is 0 Å². The maximum absolute atomic E-state index is 13.0. The lowest BCUT2D eigenvalue weighted by molar-refractivity contribution is -0.137. The summed E-state index contributed by atoms with van der Waals surface area (Å²) in [5, 5.41) is 0.551. The first kappa shape index (κ1) is 21.0. The first-order valence-electron chi connectivity index (χ1n) is 8.82. The fourth-order valence-corrected chi connectivity index (χ4v) is 6.28. The number of hydrogen-bond acceptors (Lipinski definition) is 6. The summed E-state index contributed by atoms with van der Waals surface area (Å²) in [4.78, 5) is 5.98. The average Bonchev–Trinajstić information content (AvgIpc) is 3.25. The Morgan fingerprint density at radius 2 is 2.03 bits per heavy atom. The highest BCUT2D eigenvalue weighted by molar-refractivity contribution is 9.11. The van der Waals surface area contributed by atoms with Crippen molar-refractivity contribution in [2.45, 2.75) is 29.6 Å². The molecule has 0 N–H and O–H groups in total. The van der Waals surface area contributed by atoms with Gasteiger partial charge in [0.15, 0.2) is 0 Å². The standard InChI is InChI=1S/C17H17BrF3N3O3S2/c18-15-8-22-16(28-15)27-13-7-12-9-24(5-4-23(12)10-13)29(25,26)14-3-1-2-11(6-14)17(19,20)21/h1-3,6,8,12-13H,4-5,7,9-10H2/t12-,13+/m0/s1. The third-order valence-electron chi connectivity index (χ3n) is 5.06. The largest absolute Gasteiger partial charge is 0.465 e. The van der Waals surface area contributed by atoms with Crippen molar-refractivity contribution in [3.63, 3.8) is 0 Å². The third-order valence-corrected chi connectivity index (χ3v) is 8.29. The van der Waals surface area contributed by atoms with Crippen LogP contribution in [0.5, 0.6) is 5.19 Å². The molecular weight excluding hydrogens is 495 g/mol. The van der Waals surface area contributed by atoms with E-state index in [2.05, 4.69) is 25.8 Å². The van der Waals surface area contributed by atoms with Crippen LogP contribution >= 0.6 is 27.3 Å². The molecule has 1 aromatic carbocycles. The van der Waals surface area contributed by atoms with Gasteiger partial charge in [0.25, 0.3) is 5.19 Å². The zero-order valence-electron chi connectivity index (χ0n) is 15.0. The lowest BCUT2D eigenvalue weighted by Gasteiger charge is -2.36. The summed E-state index contributed by atoms with van der Waals surface area (Å²) < 4.78 is 72.8. The summed E-state index contributed by atoms with van der Waals surface area (Å²) in [6.45, 7) is 1.62. The molecule has 4 rings (SSSR count). The number of benzene rings is 1. The summed E-state index contributed by atoms with van der Waals surface area (Å²) >= 11 is 4.71. The molecule has 0 aliphatic carbocycles. The summed E-state index contributed by atoms with van der Waals surface area (Å²) in [6, 6.07) is 3.85. The van der Waals surface area contributed by atoms with Crippen LogP contribution in [-0.2, 0) is 16.2 Å². The van der Waals surface area contributed by atoms with E-state index in [9.17, 15) is 21.6 Å². The molecule has 0 amide bonds. The maximum atomic E-state index is 13.0. The Kier molecular flexibility index (Phi) is 5.66. The maximum Gasteiger partial charge on any atom is 0.416 e. The monoisotopic (exact) mass is 511 g/mol.